The summed E-state index contributed by atoms with van der Waals surface area (Å²) >= 11 is 0. The normalized spacial score (nSPS) is 38.3. The van der Waals surface area contributed by atoms with Gasteiger partial charge in [-0.15, -0.1) is 0 Å². The summed E-state index contributed by atoms with van der Waals surface area (Å²) in [6, 6.07) is 0. The predicted molar refractivity (Wildman–Crippen MR) is 69.6 cm³/mol. The quantitative estimate of drug-likeness (QED) is 0.767. The van der Waals surface area contributed by atoms with Gasteiger partial charge in [0.25, 0.3) is 0 Å². The Balaban J connectivity index is 1.87. The molecule has 1 aliphatic heterocycles. The summed E-state index contributed by atoms with van der Waals surface area (Å²) < 4.78 is 5.93. The van der Waals surface area contributed by atoms with Crippen LogP contribution >= 0.6 is 0 Å². The minimum absolute atomic E-state index is 0.0624. The molecule has 4 atom stereocenters. The molecule has 0 aromatic heterocycles. The molecule has 0 bridgehead atoms. The second kappa shape index (κ2) is 4.73. The van der Waals surface area contributed by atoms with E-state index >= 15 is 0 Å². The number of ether oxygens (including phenoxy) is 1. The molecule has 3 aliphatic rings. The number of hydrogen-bond donors (Lipinski definition) is 1. The summed E-state index contributed by atoms with van der Waals surface area (Å²) in [7, 11) is 0. The van der Waals surface area contributed by atoms with Crippen molar-refractivity contribution in [3.63, 3.8) is 0 Å². The zero-order chi connectivity index (χ0) is 12.5. The van der Waals surface area contributed by atoms with Crippen molar-refractivity contribution in [1.82, 2.24) is 0 Å². The van der Waals surface area contributed by atoms with Crippen LogP contribution < -0.4 is 5.73 Å². The molecule has 18 heavy (non-hydrogen) atoms. The van der Waals surface area contributed by atoms with Crippen LogP contribution in [0, 0.1) is 17.8 Å². The van der Waals surface area contributed by atoms with E-state index in [4.69, 9.17) is 10.5 Å². The molecule has 0 saturated carbocycles. The average Bonchev–Trinajstić information content (AvgIpc) is 2.57. The van der Waals surface area contributed by atoms with Gasteiger partial charge in [-0.25, -0.2) is 0 Å². The number of nitrogens with two attached hydrogens (primary N) is 1. The van der Waals surface area contributed by atoms with Gasteiger partial charge in [0.05, 0.1) is 6.10 Å². The van der Waals surface area contributed by atoms with E-state index in [2.05, 4.69) is 24.3 Å². The van der Waals surface area contributed by atoms with Gasteiger partial charge < -0.3 is 10.5 Å². The Kier molecular flexibility index (Phi) is 3.08. The standard InChI is InChI=1S/C15H19NO2/c16-15(17)11-5-6-13-12-4-2-1-3-10(12)7-8-18-14(13)9-11/h1-4,9-10,12-14H,5-8H2,(H2,16,17). The summed E-state index contributed by atoms with van der Waals surface area (Å²) in [6.07, 6.45) is 13.8. The zero-order valence-electron chi connectivity index (χ0n) is 10.4. The first-order valence-electron chi connectivity index (χ1n) is 6.73. The Hall–Kier alpha value is -1.35. The highest BCUT2D eigenvalue weighted by Crippen LogP contribution is 2.41. The molecule has 0 aromatic rings. The van der Waals surface area contributed by atoms with Crippen LogP contribution in [-0.4, -0.2) is 18.6 Å². The molecule has 0 aromatic carbocycles. The third kappa shape index (κ3) is 2.03. The smallest absolute Gasteiger partial charge is 0.244 e. The van der Waals surface area contributed by atoms with Gasteiger partial charge in [0.2, 0.25) is 5.91 Å². The topological polar surface area (TPSA) is 52.3 Å². The molecule has 1 fully saturated rings. The van der Waals surface area contributed by atoms with E-state index in [1.807, 2.05) is 6.08 Å². The number of primary amides is 1. The molecule has 4 unspecified atom stereocenters. The maximum atomic E-state index is 11.3. The van der Waals surface area contributed by atoms with Crippen molar-refractivity contribution in [2.45, 2.75) is 25.4 Å². The molecule has 1 saturated heterocycles. The molecular weight excluding hydrogens is 226 g/mol. The highest BCUT2D eigenvalue weighted by molar-refractivity contribution is 5.92. The first kappa shape index (κ1) is 11.7. The van der Waals surface area contributed by atoms with Gasteiger partial charge in [-0.2, -0.15) is 0 Å². The maximum absolute atomic E-state index is 11.3. The third-order valence-corrected chi connectivity index (χ3v) is 4.40. The van der Waals surface area contributed by atoms with E-state index in [-0.39, 0.29) is 12.0 Å². The van der Waals surface area contributed by atoms with Crippen molar-refractivity contribution in [2.24, 2.45) is 23.5 Å². The van der Waals surface area contributed by atoms with Gasteiger partial charge in [-0.3, -0.25) is 4.79 Å². The van der Waals surface area contributed by atoms with Crippen LogP contribution in [-0.2, 0) is 9.53 Å². The van der Waals surface area contributed by atoms with E-state index < -0.39 is 0 Å². The SMILES string of the molecule is NC(=O)C1=CC2OCCC3C=CC=CC3C2CC1. The van der Waals surface area contributed by atoms with Crippen molar-refractivity contribution in [2.75, 3.05) is 6.61 Å². The van der Waals surface area contributed by atoms with E-state index in [1.54, 1.807) is 0 Å². The summed E-state index contributed by atoms with van der Waals surface area (Å²) in [5.41, 5.74) is 6.11. The minimum atomic E-state index is -0.295. The predicted octanol–water partition coefficient (Wildman–Crippen LogP) is 1.96. The number of allylic oxidation sites excluding steroid dienone is 4. The van der Waals surface area contributed by atoms with Crippen molar-refractivity contribution in [3.05, 3.63) is 36.0 Å². The van der Waals surface area contributed by atoms with Crippen LogP contribution in [0.15, 0.2) is 36.0 Å². The second-order valence-electron chi connectivity index (χ2n) is 5.39. The molecule has 3 rings (SSSR count). The number of rotatable bonds is 1. The first-order valence-corrected chi connectivity index (χ1v) is 6.73. The molecule has 2 aliphatic carbocycles. The van der Waals surface area contributed by atoms with Gasteiger partial charge in [0.15, 0.2) is 0 Å². The number of carbonyl (C=O) groups is 1. The lowest BCUT2D eigenvalue weighted by atomic mass is 9.71. The van der Waals surface area contributed by atoms with Crippen molar-refractivity contribution < 1.29 is 9.53 Å². The van der Waals surface area contributed by atoms with E-state index in [0.717, 1.165) is 31.4 Å². The number of fused-ring (bicyclic) bond motifs is 3. The van der Waals surface area contributed by atoms with Crippen LogP contribution in [0.5, 0.6) is 0 Å². The highest BCUT2D eigenvalue weighted by atomic mass is 16.5. The van der Waals surface area contributed by atoms with Crippen molar-refractivity contribution in [1.29, 1.82) is 0 Å². The zero-order valence-corrected chi connectivity index (χ0v) is 10.4. The highest BCUT2D eigenvalue weighted by Gasteiger charge is 2.37. The van der Waals surface area contributed by atoms with Gasteiger partial charge in [-0.1, -0.05) is 24.3 Å². The Labute approximate surface area is 107 Å². The molecule has 3 nitrogen and oxygen atoms in total. The fourth-order valence-electron chi connectivity index (χ4n) is 3.44. The van der Waals surface area contributed by atoms with Gasteiger partial charge in [0.1, 0.15) is 0 Å². The van der Waals surface area contributed by atoms with Crippen LogP contribution in [0.4, 0.5) is 0 Å². The first-order chi connectivity index (χ1) is 8.75. The van der Waals surface area contributed by atoms with Gasteiger partial charge in [0, 0.05) is 12.2 Å². The number of carbonyl (C=O) groups excluding carboxylic acids is 1. The van der Waals surface area contributed by atoms with E-state index in [0.29, 0.717) is 17.8 Å². The van der Waals surface area contributed by atoms with Gasteiger partial charge in [-0.05, 0) is 43.1 Å². The van der Waals surface area contributed by atoms with Crippen molar-refractivity contribution in [3.8, 4) is 0 Å². The molecule has 2 N–H and O–H groups in total. The Morgan fingerprint density at radius 2 is 2.11 bits per heavy atom. The Morgan fingerprint density at radius 3 is 2.94 bits per heavy atom. The molecule has 0 radical (unpaired) electrons. The lowest BCUT2D eigenvalue weighted by molar-refractivity contribution is -0.115. The molecule has 0 spiro atoms. The van der Waals surface area contributed by atoms with Crippen LogP contribution in [0.25, 0.3) is 0 Å². The Bertz CT molecular complexity index is 436. The van der Waals surface area contributed by atoms with E-state index in [1.165, 1.54) is 0 Å². The Morgan fingerprint density at radius 1 is 1.28 bits per heavy atom. The lowest BCUT2D eigenvalue weighted by Crippen LogP contribution is -2.33. The summed E-state index contributed by atoms with van der Waals surface area (Å²) in [4.78, 5) is 11.3. The van der Waals surface area contributed by atoms with Crippen LogP contribution in [0.1, 0.15) is 19.3 Å². The van der Waals surface area contributed by atoms with Crippen LogP contribution in [0.3, 0.4) is 0 Å². The maximum Gasteiger partial charge on any atom is 0.244 e. The fourth-order valence-corrected chi connectivity index (χ4v) is 3.44. The third-order valence-electron chi connectivity index (χ3n) is 4.40. The monoisotopic (exact) mass is 245 g/mol. The second-order valence-corrected chi connectivity index (χ2v) is 5.39. The summed E-state index contributed by atoms with van der Waals surface area (Å²) in [5.74, 6) is 1.33. The molecule has 96 valence electrons. The van der Waals surface area contributed by atoms with E-state index in [9.17, 15) is 4.79 Å². The summed E-state index contributed by atoms with van der Waals surface area (Å²) in [6.45, 7) is 0.767. The number of amides is 1. The molecule has 3 heteroatoms. The number of hydrogen-bond acceptors (Lipinski definition) is 2. The largest absolute Gasteiger partial charge is 0.374 e. The lowest BCUT2D eigenvalue weighted by Gasteiger charge is -2.34. The molecule has 1 amide bonds. The van der Waals surface area contributed by atoms with Gasteiger partial charge >= 0.3 is 0 Å². The minimum Gasteiger partial charge on any atom is -0.374 e. The van der Waals surface area contributed by atoms with Crippen molar-refractivity contribution >= 4 is 5.91 Å². The fraction of sp³-hybridized carbons (Fsp3) is 0.533. The van der Waals surface area contributed by atoms with Crippen LogP contribution in [0.2, 0.25) is 0 Å². The summed E-state index contributed by atoms with van der Waals surface area (Å²) in [5, 5.41) is 0. The molecular formula is C15H19NO2. The average molecular weight is 245 g/mol. The molecule has 1 heterocycles.